The molecule has 2 heterocycles. The highest BCUT2D eigenvalue weighted by atomic mass is 16.5. The number of rotatable bonds is 9. The molecule has 0 N–H and O–H groups in total. The van der Waals surface area contributed by atoms with Crippen LogP contribution in [0.2, 0.25) is 0 Å². The van der Waals surface area contributed by atoms with Gasteiger partial charge in [0.05, 0.1) is 5.69 Å². The third-order valence-electron chi connectivity index (χ3n) is 8.14. The summed E-state index contributed by atoms with van der Waals surface area (Å²) in [6.07, 6.45) is 4.22. The molecule has 0 unspecified atom stereocenters. The number of hydrogen-bond donors (Lipinski definition) is 0. The number of nitrogens with zero attached hydrogens (tertiary/aromatic N) is 3. The molecule has 1 aliphatic rings. The molecule has 1 aromatic heterocycles. The van der Waals surface area contributed by atoms with E-state index < -0.39 is 0 Å². The Morgan fingerprint density at radius 2 is 1.62 bits per heavy atom. The van der Waals surface area contributed by atoms with E-state index in [1.54, 1.807) is 0 Å². The average Bonchev–Trinajstić information content (AvgIpc) is 2.92. The van der Waals surface area contributed by atoms with Crippen LogP contribution in [0.15, 0.2) is 36.4 Å². The van der Waals surface area contributed by atoms with Gasteiger partial charge in [0.25, 0.3) is 0 Å². The second kappa shape index (κ2) is 12.2. The zero-order valence-electron chi connectivity index (χ0n) is 24.0. The smallest absolute Gasteiger partial charge is 0.160 e. The molecule has 2 aromatic carbocycles. The minimum absolute atomic E-state index is 0.434. The van der Waals surface area contributed by atoms with Crippen molar-refractivity contribution in [2.75, 3.05) is 19.6 Å². The van der Waals surface area contributed by atoms with E-state index in [-0.39, 0.29) is 0 Å². The standard InChI is InChI=1S/C33H45N3O/c1-8-25-12-11-13-26(9-2)31(25)33-34-24(7)29(32(35-33)27-16-18-36(10-3)19-17-27)21-37-30-20-28(22(4)5)15-14-23(30)6/h11-15,20,22,27H,8-10,16-19,21H2,1-7H3. The van der Waals surface area contributed by atoms with Crippen LogP contribution in [0.5, 0.6) is 5.75 Å². The van der Waals surface area contributed by atoms with Gasteiger partial charge in [-0.25, -0.2) is 9.97 Å². The van der Waals surface area contributed by atoms with Crippen molar-refractivity contribution >= 4 is 0 Å². The molecule has 1 aliphatic heterocycles. The lowest BCUT2D eigenvalue weighted by Gasteiger charge is -2.32. The number of aromatic nitrogens is 2. The zero-order valence-corrected chi connectivity index (χ0v) is 24.0. The zero-order chi connectivity index (χ0) is 26.5. The van der Waals surface area contributed by atoms with Crippen LogP contribution < -0.4 is 4.74 Å². The van der Waals surface area contributed by atoms with Gasteiger partial charge in [-0.3, -0.25) is 0 Å². The SMILES string of the molecule is CCc1cccc(CC)c1-c1nc(C)c(COc2cc(C(C)C)ccc2C)c(C2CCN(CC)CC2)n1. The van der Waals surface area contributed by atoms with Crippen molar-refractivity contribution in [1.82, 2.24) is 14.9 Å². The van der Waals surface area contributed by atoms with Crippen LogP contribution >= 0.6 is 0 Å². The van der Waals surface area contributed by atoms with Crippen LogP contribution in [0.3, 0.4) is 0 Å². The molecule has 4 rings (SSSR count). The third-order valence-corrected chi connectivity index (χ3v) is 8.14. The first-order chi connectivity index (χ1) is 17.9. The van der Waals surface area contributed by atoms with Crippen molar-refractivity contribution in [2.24, 2.45) is 0 Å². The highest BCUT2D eigenvalue weighted by Crippen LogP contribution is 2.35. The van der Waals surface area contributed by atoms with E-state index >= 15 is 0 Å². The van der Waals surface area contributed by atoms with Crippen LogP contribution in [0.4, 0.5) is 0 Å². The summed E-state index contributed by atoms with van der Waals surface area (Å²) in [6, 6.07) is 13.2. The number of benzene rings is 2. The predicted octanol–water partition coefficient (Wildman–Crippen LogP) is 7.79. The maximum atomic E-state index is 6.51. The monoisotopic (exact) mass is 499 g/mol. The Bertz CT molecular complexity index is 1190. The number of likely N-dealkylation sites (tertiary alicyclic amines) is 1. The Labute approximate surface area is 224 Å². The number of piperidine rings is 1. The van der Waals surface area contributed by atoms with Crippen LogP contribution in [0.1, 0.15) is 98.5 Å². The molecule has 4 heteroatoms. The van der Waals surface area contributed by atoms with E-state index in [0.717, 1.165) is 62.6 Å². The lowest BCUT2D eigenvalue weighted by molar-refractivity contribution is 0.218. The average molecular weight is 500 g/mol. The van der Waals surface area contributed by atoms with Crippen molar-refractivity contribution in [2.45, 2.75) is 92.6 Å². The van der Waals surface area contributed by atoms with E-state index in [1.807, 2.05) is 0 Å². The summed E-state index contributed by atoms with van der Waals surface area (Å²) in [7, 11) is 0. The summed E-state index contributed by atoms with van der Waals surface area (Å²) < 4.78 is 6.51. The van der Waals surface area contributed by atoms with Crippen LogP contribution in [-0.4, -0.2) is 34.5 Å². The quantitative estimate of drug-likeness (QED) is 0.301. The normalized spacial score (nSPS) is 14.9. The van der Waals surface area contributed by atoms with E-state index in [0.29, 0.717) is 18.4 Å². The molecule has 0 spiro atoms. The summed E-state index contributed by atoms with van der Waals surface area (Å²) in [5.41, 5.74) is 9.77. The van der Waals surface area contributed by atoms with Gasteiger partial charge in [0.15, 0.2) is 5.82 Å². The van der Waals surface area contributed by atoms with E-state index in [2.05, 4.69) is 89.8 Å². The summed E-state index contributed by atoms with van der Waals surface area (Å²) >= 11 is 0. The van der Waals surface area contributed by atoms with Gasteiger partial charge >= 0.3 is 0 Å². The lowest BCUT2D eigenvalue weighted by atomic mass is 9.89. The highest BCUT2D eigenvalue weighted by Gasteiger charge is 2.26. The number of ether oxygens (including phenoxy) is 1. The summed E-state index contributed by atoms with van der Waals surface area (Å²) in [5.74, 6) is 2.76. The number of aryl methyl sites for hydroxylation is 4. The van der Waals surface area contributed by atoms with Crippen molar-refractivity contribution in [3.05, 3.63) is 75.6 Å². The molecule has 37 heavy (non-hydrogen) atoms. The summed E-state index contributed by atoms with van der Waals surface area (Å²) in [5, 5.41) is 0. The van der Waals surface area contributed by atoms with Crippen LogP contribution in [-0.2, 0) is 19.4 Å². The minimum Gasteiger partial charge on any atom is -0.488 e. The Balaban J connectivity index is 1.76. The molecular weight excluding hydrogens is 454 g/mol. The minimum atomic E-state index is 0.434. The lowest BCUT2D eigenvalue weighted by Crippen LogP contribution is -2.33. The van der Waals surface area contributed by atoms with Crippen molar-refractivity contribution in [3.63, 3.8) is 0 Å². The molecule has 4 nitrogen and oxygen atoms in total. The van der Waals surface area contributed by atoms with Gasteiger partial charge < -0.3 is 9.64 Å². The Morgan fingerprint density at radius 1 is 0.946 bits per heavy atom. The molecule has 0 amide bonds. The fourth-order valence-corrected chi connectivity index (χ4v) is 5.58. The van der Waals surface area contributed by atoms with Gasteiger partial charge in [0, 0.05) is 22.7 Å². The third kappa shape index (κ3) is 6.06. The van der Waals surface area contributed by atoms with Gasteiger partial charge in [0.2, 0.25) is 0 Å². The van der Waals surface area contributed by atoms with Crippen molar-refractivity contribution in [3.8, 4) is 17.1 Å². The maximum Gasteiger partial charge on any atom is 0.160 e. The van der Waals surface area contributed by atoms with Gasteiger partial charge in [-0.1, -0.05) is 65.0 Å². The first-order valence-corrected chi connectivity index (χ1v) is 14.3. The van der Waals surface area contributed by atoms with Crippen LogP contribution in [0.25, 0.3) is 11.4 Å². The second-order valence-corrected chi connectivity index (χ2v) is 10.8. The molecule has 1 fully saturated rings. The highest BCUT2D eigenvalue weighted by molar-refractivity contribution is 5.66. The Kier molecular flexibility index (Phi) is 9.02. The predicted molar refractivity (Wildman–Crippen MR) is 155 cm³/mol. The van der Waals surface area contributed by atoms with Crippen LogP contribution in [0, 0.1) is 13.8 Å². The van der Waals surface area contributed by atoms with Gasteiger partial charge in [-0.15, -0.1) is 0 Å². The Hall–Kier alpha value is -2.72. The summed E-state index contributed by atoms with van der Waals surface area (Å²) in [6.45, 7) is 19.3. The molecule has 0 atom stereocenters. The topological polar surface area (TPSA) is 38.2 Å². The van der Waals surface area contributed by atoms with E-state index in [9.17, 15) is 0 Å². The second-order valence-electron chi connectivity index (χ2n) is 10.8. The fourth-order valence-electron chi connectivity index (χ4n) is 5.58. The molecular formula is C33H45N3O. The van der Waals surface area contributed by atoms with E-state index in [4.69, 9.17) is 14.7 Å². The molecule has 0 bridgehead atoms. The van der Waals surface area contributed by atoms with Gasteiger partial charge in [-0.2, -0.15) is 0 Å². The largest absolute Gasteiger partial charge is 0.488 e. The van der Waals surface area contributed by atoms with Gasteiger partial charge in [-0.05, 0) is 93.4 Å². The molecule has 1 saturated heterocycles. The molecule has 0 saturated carbocycles. The maximum absolute atomic E-state index is 6.51. The van der Waals surface area contributed by atoms with Crippen molar-refractivity contribution < 1.29 is 4.74 Å². The number of hydrogen-bond acceptors (Lipinski definition) is 4. The fraction of sp³-hybridized carbons (Fsp3) is 0.515. The van der Waals surface area contributed by atoms with Gasteiger partial charge in [0.1, 0.15) is 12.4 Å². The van der Waals surface area contributed by atoms with Crippen molar-refractivity contribution in [1.29, 1.82) is 0 Å². The first kappa shape index (κ1) is 27.3. The molecule has 3 aromatic rings. The first-order valence-electron chi connectivity index (χ1n) is 14.3. The molecule has 0 aliphatic carbocycles. The molecule has 0 radical (unpaired) electrons. The van der Waals surface area contributed by atoms with E-state index in [1.165, 1.54) is 39.1 Å². The summed E-state index contributed by atoms with van der Waals surface area (Å²) in [4.78, 5) is 13.0. The Morgan fingerprint density at radius 3 is 2.22 bits per heavy atom. The molecule has 198 valence electrons.